The third kappa shape index (κ3) is 3.77. The van der Waals surface area contributed by atoms with Crippen LogP contribution in [0.2, 0.25) is 0 Å². The van der Waals surface area contributed by atoms with Gasteiger partial charge in [0.1, 0.15) is 5.01 Å². The minimum Gasteiger partial charge on any atom is -0.332 e. The van der Waals surface area contributed by atoms with Gasteiger partial charge >= 0.3 is 0 Å². The van der Waals surface area contributed by atoms with E-state index in [1.165, 1.54) is 10.3 Å². The van der Waals surface area contributed by atoms with Gasteiger partial charge in [-0.2, -0.15) is 0 Å². The molecule has 0 saturated carbocycles. The average Bonchev–Trinajstić information content (AvgIpc) is 3.41. The van der Waals surface area contributed by atoms with Crippen LogP contribution in [-0.4, -0.2) is 15.0 Å². The van der Waals surface area contributed by atoms with Crippen molar-refractivity contribution in [1.82, 2.24) is 15.0 Å². The van der Waals surface area contributed by atoms with Crippen LogP contribution in [0.1, 0.15) is 12.5 Å². The second-order valence-corrected chi connectivity index (χ2v) is 8.52. The minimum absolute atomic E-state index is 0.901. The number of nitrogens with one attached hydrogen (secondary N) is 1. The van der Waals surface area contributed by atoms with Gasteiger partial charge in [0.25, 0.3) is 0 Å². The summed E-state index contributed by atoms with van der Waals surface area (Å²) in [4.78, 5) is 13.9. The van der Waals surface area contributed by atoms with Crippen molar-refractivity contribution in [2.45, 2.75) is 13.3 Å². The largest absolute Gasteiger partial charge is 0.332 e. The van der Waals surface area contributed by atoms with E-state index in [9.17, 15) is 0 Å². The Labute approximate surface area is 177 Å². The van der Waals surface area contributed by atoms with Crippen LogP contribution < -0.4 is 5.32 Å². The fourth-order valence-electron chi connectivity index (χ4n) is 3.14. The average molecular weight is 415 g/mol. The predicted molar refractivity (Wildman–Crippen MR) is 123 cm³/mol. The highest BCUT2D eigenvalue weighted by Crippen LogP contribution is 2.32. The lowest BCUT2D eigenvalue weighted by Crippen LogP contribution is -1.90. The zero-order valence-electron chi connectivity index (χ0n) is 15.8. The summed E-state index contributed by atoms with van der Waals surface area (Å²) >= 11 is 3.29. The lowest BCUT2D eigenvalue weighted by atomic mass is 10.1. The van der Waals surface area contributed by atoms with Gasteiger partial charge in [0.05, 0.1) is 21.6 Å². The summed E-state index contributed by atoms with van der Waals surface area (Å²) in [5.41, 5.74) is 6.30. The van der Waals surface area contributed by atoms with Gasteiger partial charge in [-0.05, 0) is 48.4 Å². The first-order valence-corrected chi connectivity index (χ1v) is 11.1. The van der Waals surface area contributed by atoms with Crippen molar-refractivity contribution in [3.8, 4) is 22.0 Å². The molecule has 0 amide bonds. The molecule has 1 N–H and O–H groups in total. The summed E-state index contributed by atoms with van der Waals surface area (Å²) in [6.07, 6.45) is 2.83. The molecule has 2 aromatic carbocycles. The molecule has 6 heteroatoms. The molecule has 142 valence electrons. The van der Waals surface area contributed by atoms with E-state index in [0.717, 1.165) is 44.7 Å². The number of pyridine rings is 1. The van der Waals surface area contributed by atoms with E-state index in [0.29, 0.717) is 0 Å². The second kappa shape index (κ2) is 7.73. The lowest BCUT2D eigenvalue weighted by Gasteiger charge is -2.04. The highest BCUT2D eigenvalue weighted by Gasteiger charge is 2.09. The Kier molecular flexibility index (Phi) is 4.79. The summed E-state index contributed by atoms with van der Waals surface area (Å²) in [5, 5.41) is 7.36. The van der Waals surface area contributed by atoms with E-state index in [1.54, 1.807) is 28.9 Å². The van der Waals surface area contributed by atoms with Crippen LogP contribution in [0.4, 0.5) is 10.8 Å². The van der Waals surface area contributed by atoms with E-state index in [4.69, 9.17) is 9.97 Å². The van der Waals surface area contributed by atoms with E-state index in [-0.39, 0.29) is 0 Å². The van der Waals surface area contributed by atoms with Crippen molar-refractivity contribution in [2.75, 3.05) is 5.32 Å². The molecule has 3 aromatic heterocycles. The maximum atomic E-state index is 4.77. The summed E-state index contributed by atoms with van der Waals surface area (Å²) in [6, 6.07) is 20.6. The quantitative estimate of drug-likeness (QED) is 0.344. The van der Waals surface area contributed by atoms with Crippen molar-refractivity contribution < 1.29 is 0 Å². The molecular formula is C23H18N4S2. The Balaban J connectivity index is 1.41. The van der Waals surface area contributed by atoms with Gasteiger partial charge < -0.3 is 5.32 Å². The van der Waals surface area contributed by atoms with Gasteiger partial charge in [0, 0.05) is 22.8 Å². The first kappa shape index (κ1) is 18.0. The number of nitrogens with zero attached hydrogens (tertiary/aromatic N) is 3. The van der Waals surface area contributed by atoms with Crippen molar-refractivity contribution in [2.24, 2.45) is 0 Å². The molecule has 4 nitrogen and oxygen atoms in total. The van der Waals surface area contributed by atoms with Gasteiger partial charge in [-0.15, -0.1) is 11.3 Å². The number of aromatic nitrogens is 3. The molecule has 0 aliphatic rings. The number of rotatable bonds is 5. The van der Waals surface area contributed by atoms with E-state index < -0.39 is 0 Å². The maximum absolute atomic E-state index is 4.77. The van der Waals surface area contributed by atoms with Crippen LogP contribution >= 0.6 is 22.7 Å². The Morgan fingerprint density at radius 1 is 0.931 bits per heavy atom. The topological polar surface area (TPSA) is 50.7 Å². The molecular weight excluding hydrogens is 396 g/mol. The third-order valence-corrected chi connectivity index (χ3v) is 6.46. The summed E-state index contributed by atoms with van der Waals surface area (Å²) < 4.78 is 1.21. The van der Waals surface area contributed by atoms with E-state index in [2.05, 4.69) is 59.0 Å². The molecule has 5 rings (SSSR count). The number of benzene rings is 2. The van der Waals surface area contributed by atoms with Gasteiger partial charge in [0.2, 0.25) is 0 Å². The van der Waals surface area contributed by atoms with Crippen LogP contribution in [-0.2, 0) is 6.42 Å². The first-order valence-electron chi connectivity index (χ1n) is 9.42. The number of hydrogen-bond acceptors (Lipinski definition) is 6. The van der Waals surface area contributed by atoms with Crippen molar-refractivity contribution >= 4 is 43.7 Å². The molecule has 0 fully saturated rings. The Bertz CT molecular complexity index is 1270. The Morgan fingerprint density at radius 2 is 1.90 bits per heavy atom. The van der Waals surface area contributed by atoms with Crippen molar-refractivity contribution in [1.29, 1.82) is 0 Å². The summed E-state index contributed by atoms with van der Waals surface area (Å²) in [6.45, 7) is 2.17. The normalized spacial score (nSPS) is 11.1. The monoisotopic (exact) mass is 414 g/mol. The zero-order valence-corrected chi connectivity index (χ0v) is 17.4. The molecule has 3 heterocycles. The molecule has 0 atom stereocenters. The molecule has 0 radical (unpaired) electrons. The number of hydrogen-bond donors (Lipinski definition) is 1. The summed E-state index contributed by atoms with van der Waals surface area (Å²) in [5.74, 6) is 0. The molecule has 29 heavy (non-hydrogen) atoms. The van der Waals surface area contributed by atoms with E-state index >= 15 is 0 Å². The fraction of sp³-hybridized carbons (Fsp3) is 0.0870. The van der Waals surface area contributed by atoms with Crippen LogP contribution in [0.3, 0.4) is 0 Å². The Hall–Kier alpha value is -3.09. The van der Waals surface area contributed by atoms with E-state index in [1.807, 2.05) is 24.3 Å². The van der Waals surface area contributed by atoms with Gasteiger partial charge in [-0.3, -0.25) is 4.98 Å². The number of thiazole rings is 2. The number of fused-ring (bicyclic) bond motifs is 1. The van der Waals surface area contributed by atoms with Crippen LogP contribution in [0.15, 0.2) is 72.2 Å². The lowest BCUT2D eigenvalue weighted by molar-refractivity contribution is 1.15. The standard InChI is InChI=1S/C23H18N4S2/c1-2-15-9-10-18-21(12-15)29-23(27-18)25-17-7-5-6-16(13-17)20-14-28-22(26-20)19-8-3-4-11-24-19/h3-14H,2H2,1H3,(H,25,27). The zero-order chi connectivity index (χ0) is 19.6. The molecule has 0 spiro atoms. The molecule has 0 unspecified atom stereocenters. The second-order valence-electron chi connectivity index (χ2n) is 6.63. The third-order valence-electron chi connectivity index (χ3n) is 4.66. The van der Waals surface area contributed by atoms with Crippen LogP contribution in [0.25, 0.3) is 32.2 Å². The molecule has 0 bridgehead atoms. The fourth-order valence-corrected chi connectivity index (χ4v) is 4.89. The predicted octanol–water partition coefficient (Wildman–Crippen LogP) is 6.79. The highest BCUT2D eigenvalue weighted by molar-refractivity contribution is 7.22. The van der Waals surface area contributed by atoms with Gasteiger partial charge in [-0.1, -0.05) is 42.5 Å². The highest BCUT2D eigenvalue weighted by atomic mass is 32.1. The van der Waals surface area contributed by atoms with Gasteiger partial charge in [0.15, 0.2) is 5.13 Å². The minimum atomic E-state index is 0.901. The Morgan fingerprint density at radius 3 is 2.76 bits per heavy atom. The summed E-state index contributed by atoms with van der Waals surface area (Å²) in [7, 11) is 0. The SMILES string of the molecule is CCc1ccc2nc(Nc3cccc(-c4csc(-c5ccccn5)n4)c3)sc2c1. The van der Waals surface area contributed by atoms with Crippen molar-refractivity contribution in [3.05, 3.63) is 77.8 Å². The number of anilines is 2. The van der Waals surface area contributed by atoms with Crippen molar-refractivity contribution in [3.63, 3.8) is 0 Å². The number of aryl methyl sites for hydroxylation is 1. The first-order chi connectivity index (χ1) is 14.3. The molecule has 0 saturated heterocycles. The van der Waals surface area contributed by atoms with Crippen LogP contribution in [0.5, 0.6) is 0 Å². The van der Waals surface area contributed by atoms with Crippen LogP contribution in [0, 0.1) is 0 Å². The van der Waals surface area contributed by atoms with Gasteiger partial charge in [-0.25, -0.2) is 9.97 Å². The molecule has 5 aromatic rings. The smallest absolute Gasteiger partial charge is 0.188 e. The molecule has 0 aliphatic heterocycles. The molecule has 0 aliphatic carbocycles. The maximum Gasteiger partial charge on any atom is 0.188 e.